The molecular weight excluding hydrogens is 326 g/mol. The van der Waals surface area contributed by atoms with Crippen molar-refractivity contribution in [2.45, 2.75) is 38.1 Å². The lowest BCUT2D eigenvalue weighted by molar-refractivity contribution is 0.0656. The van der Waals surface area contributed by atoms with Crippen LogP contribution in [-0.2, 0) is 0 Å². The maximum atomic E-state index is 12.6. The first-order valence-corrected chi connectivity index (χ1v) is 8.76. The van der Waals surface area contributed by atoms with Crippen LogP contribution in [0.2, 0.25) is 0 Å². The second-order valence-electron chi connectivity index (χ2n) is 4.83. The van der Waals surface area contributed by atoms with Crippen LogP contribution >= 0.6 is 27.3 Å². The maximum absolute atomic E-state index is 12.6. The second-order valence-corrected chi connectivity index (χ2v) is 6.53. The summed E-state index contributed by atoms with van der Waals surface area (Å²) >= 11 is 4.93. The van der Waals surface area contributed by atoms with Gasteiger partial charge in [-0.05, 0) is 12.8 Å². The summed E-state index contributed by atoms with van der Waals surface area (Å²) < 4.78 is 5.16. The largest absolute Gasteiger partial charge is 0.496 e. The average molecular weight is 346 g/mol. The summed E-state index contributed by atoms with van der Waals surface area (Å²) in [6.45, 7) is 0.781. The van der Waals surface area contributed by atoms with E-state index in [0.29, 0.717) is 6.04 Å². The molecule has 1 aliphatic carbocycles. The molecule has 5 heteroatoms. The second kappa shape index (κ2) is 7.29. The topological polar surface area (TPSA) is 29.5 Å². The van der Waals surface area contributed by atoms with Gasteiger partial charge in [-0.3, -0.25) is 4.79 Å². The Morgan fingerprint density at radius 2 is 2.21 bits per heavy atom. The van der Waals surface area contributed by atoms with E-state index in [-0.39, 0.29) is 5.91 Å². The molecule has 2 rings (SSSR count). The Kier molecular flexibility index (Phi) is 5.70. The van der Waals surface area contributed by atoms with Crippen molar-refractivity contribution in [3.63, 3.8) is 0 Å². The predicted octanol–water partition coefficient (Wildman–Crippen LogP) is 3.93. The van der Waals surface area contributed by atoms with E-state index in [4.69, 9.17) is 4.74 Å². The molecule has 19 heavy (non-hydrogen) atoms. The molecule has 0 aliphatic heterocycles. The van der Waals surface area contributed by atoms with Crippen molar-refractivity contribution >= 4 is 33.2 Å². The van der Waals surface area contributed by atoms with Gasteiger partial charge in [0, 0.05) is 29.4 Å². The molecule has 1 aromatic heterocycles. The van der Waals surface area contributed by atoms with Gasteiger partial charge in [-0.25, -0.2) is 0 Å². The smallest absolute Gasteiger partial charge is 0.264 e. The molecule has 0 bridgehead atoms. The minimum absolute atomic E-state index is 0.152. The summed E-state index contributed by atoms with van der Waals surface area (Å²) in [6.07, 6.45) is 6.07. The Hall–Kier alpha value is -0.550. The summed E-state index contributed by atoms with van der Waals surface area (Å²) in [7, 11) is 1.63. The van der Waals surface area contributed by atoms with Crippen LogP contribution in [0.1, 0.15) is 41.8 Å². The molecule has 0 N–H and O–H groups in total. The molecule has 0 unspecified atom stereocenters. The molecular formula is C14H20BrNO2S. The fourth-order valence-corrected chi connectivity index (χ4v) is 3.80. The molecule has 0 aromatic carbocycles. The third-order valence-electron chi connectivity index (χ3n) is 3.62. The van der Waals surface area contributed by atoms with Gasteiger partial charge in [-0.2, -0.15) is 0 Å². The van der Waals surface area contributed by atoms with Crippen LogP contribution < -0.4 is 4.74 Å². The Morgan fingerprint density at radius 1 is 1.47 bits per heavy atom. The summed E-state index contributed by atoms with van der Waals surface area (Å²) in [5.41, 5.74) is 0. The van der Waals surface area contributed by atoms with E-state index >= 15 is 0 Å². The van der Waals surface area contributed by atoms with Crippen molar-refractivity contribution in [1.29, 1.82) is 0 Å². The lowest BCUT2D eigenvalue weighted by Gasteiger charge is -2.33. The van der Waals surface area contributed by atoms with Crippen molar-refractivity contribution in [3.8, 4) is 5.75 Å². The highest BCUT2D eigenvalue weighted by Crippen LogP contribution is 2.27. The van der Waals surface area contributed by atoms with E-state index in [1.54, 1.807) is 7.11 Å². The number of carbonyl (C=O) groups is 1. The first-order valence-electron chi connectivity index (χ1n) is 6.75. The van der Waals surface area contributed by atoms with Crippen LogP contribution in [0.15, 0.2) is 11.4 Å². The molecule has 0 atom stereocenters. The molecule has 1 saturated carbocycles. The Balaban J connectivity index is 2.10. The van der Waals surface area contributed by atoms with Gasteiger partial charge in [-0.1, -0.05) is 35.2 Å². The Morgan fingerprint density at radius 3 is 2.79 bits per heavy atom. The molecule has 3 nitrogen and oxygen atoms in total. The summed E-state index contributed by atoms with van der Waals surface area (Å²) in [5.74, 6) is 0.926. The van der Waals surface area contributed by atoms with Crippen molar-refractivity contribution in [1.82, 2.24) is 4.90 Å². The molecule has 1 heterocycles. The zero-order valence-electron chi connectivity index (χ0n) is 11.2. The zero-order valence-corrected chi connectivity index (χ0v) is 13.6. The molecule has 1 aromatic rings. The molecule has 1 amide bonds. The third kappa shape index (κ3) is 3.72. The van der Waals surface area contributed by atoms with Crippen molar-refractivity contribution in [2.24, 2.45) is 0 Å². The number of alkyl halides is 1. The SMILES string of the molecule is COc1csc(C(=O)N(CCBr)C2CCCCC2)c1. The number of hydrogen-bond donors (Lipinski definition) is 0. The number of methoxy groups -OCH3 is 1. The summed E-state index contributed by atoms with van der Waals surface area (Å²) in [5, 5.41) is 2.72. The summed E-state index contributed by atoms with van der Waals surface area (Å²) in [4.78, 5) is 15.4. The number of nitrogens with zero attached hydrogens (tertiary/aromatic N) is 1. The standard InChI is InChI=1S/C14H20BrNO2S/c1-18-12-9-13(19-10-12)14(17)16(8-7-15)11-5-3-2-4-6-11/h9-11H,2-8H2,1H3. The van der Waals surface area contributed by atoms with E-state index in [0.717, 1.165) is 35.3 Å². The number of amides is 1. The normalized spacial score (nSPS) is 16.3. The number of carbonyl (C=O) groups excluding carboxylic acids is 1. The van der Waals surface area contributed by atoms with Crippen molar-refractivity contribution < 1.29 is 9.53 Å². The molecule has 0 radical (unpaired) electrons. The third-order valence-corrected chi connectivity index (χ3v) is 4.87. The van der Waals surface area contributed by atoms with Crippen LogP contribution in [0.5, 0.6) is 5.75 Å². The highest BCUT2D eigenvalue weighted by molar-refractivity contribution is 9.09. The maximum Gasteiger partial charge on any atom is 0.264 e. The Labute approximate surface area is 127 Å². The highest BCUT2D eigenvalue weighted by atomic mass is 79.9. The van der Waals surface area contributed by atoms with E-state index in [1.165, 1.54) is 30.6 Å². The van der Waals surface area contributed by atoms with Gasteiger partial charge < -0.3 is 9.64 Å². The monoisotopic (exact) mass is 345 g/mol. The van der Waals surface area contributed by atoms with Crippen LogP contribution in [0.25, 0.3) is 0 Å². The van der Waals surface area contributed by atoms with Gasteiger partial charge in [0.1, 0.15) is 5.75 Å². The minimum atomic E-state index is 0.152. The van der Waals surface area contributed by atoms with E-state index in [2.05, 4.69) is 15.9 Å². The number of rotatable bonds is 5. The Bertz CT molecular complexity index is 415. The van der Waals surface area contributed by atoms with Crippen molar-refractivity contribution in [3.05, 3.63) is 16.3 Å². The zero-order chi connectivity index (χ0) is 13.7. The predicted molar refractivity (Wildman–Crippen MR) is 82.6 cm³/mol. The van der Waals surface area contributed by atoms with Gasteiger partial charge in [0.25, 0.3) is 5.91 Å². The van der Waals surface area contributed by atoms with E-state index < -0.39 is 0 Å². The van der Waals surface area contributed by atoms with Gasteiger partial charge in [0.05, 0.1) is 12.0 Å². The first-order chi connectivity index (χ1) is 9.26. The summed E-state index contributed by atoms with van der Waals surface area (Å²) in [6, 6.07) is 2.25. The van der Waals surface area contributed by atoms with Gasteiger partial charge in [-0.15, -0.1) is 11.3 Å². The lowest BCUT2D eigenvalue weighted by atomic mass is 9.94. The number of hydrogen-bond acceptors (Lipinski definition) is 3. The van der Waals surface area contributed by atoms with E-state index in [1.807, 2.05) is 16.3 Å². The van der Waals surface area contributed by atoms with Gasteiger partial charge >= 0.3 is 0 Å². The quantitative estimate of drug-likeness (QED) is 0.756. The minimum Gasteiger partial charge on any atom is -0.496 e. The number of thiophene rings is 1. The van der Waals surface area contributed by atoms with Crippen LogP contribution in [0, 0.1) is 0 Å². The fraction of sp³-hybridized carbons (Fsp3) is 0.643. The average Bonchev–Trinajstić information content (AvgIpc) is 2.94. The molecule has 106 valence electrons. The van der Waals surface area contributed by atoms with Crippen LogP contribution in [0.4, 0.5) is 0 Å². The molecule has 0 saturated heterocycles. The fourth-order valence-electron chi connectivity index (χ4n) is 2.61. The molecule has 1 aliphatic rings. The molecule has 0 spiro atoms. The van der Waals surface area contributed by atoms with Crippen LogP contribution in [0.3, 0.4) is 0 Å². The van der Waals surface area contributed by atoms with E-state index in [9.17, 15) is 4.79 Å². The van der Waals surface area contributed by atoms with Gasteiger partial charge in [0.2, 0.25) is 0 Å². The van der Waals surface area contributed by atoms with Gasteiger partial charge in [0.15, 0.2) is 0 Å². The first kappa shape index (κ1) is 14.9. The number of halogens is 1. The molecule has 1 fully saturated rings. The highest BCUT2D eigenvalue weighted by Gasteiger charge is 2.26. The van der Waals surface area contributed by atoms with Crippen molar-refractivity contribution in [2.75, 3.05) is 19.0 Å². The lowest BCUT2D eigenvalue weighted by Crippen LogP contribution is -2.42. The number of ether oxygens (including phenoxy) is 1. The van der Waals surface area contributed by atoms with Crippen LogP contribution in [-0.4, -0.2) is 35.8 Å².